The number of carbonyl (C=O) groups excluding carboxylic acids is 2. The zero-order valence-electron chi connectivity index (χ0n) is 8.25. The number of ketones is 1. The van der Waals surface area contributed by atoms with E-state index in [1.54, 1.807) is 6.92 Å². The van der Waals surface area contributed by atoms with Gasteiger partial charge in [0.05, 0.1) is 5.69 Å². The molecular formula is C11H10N2O2. The summed E-state index contributed by atoms with van der Waals surface area (Å²) in [6.45, 7) is 1.61. The van der Waals surface area contributed by atoms with Crippen molar-refractivity contribution in [3.8, 4) is 0 Å². The van der Waals surface area contributed by atoms with Gasteiger partial charge in [-0.2, -0.15) is 5.10 Å². The second-order valence-corrected chi connectivity index (χ2v) is 3.31. The number of carbonyl (C=O) groups is 2. The van der Waals surface area contributed by atoms with E-state index in [1.807, 2.05) is 30.3 Å². The standard InChI is InChI=1S/C11H10N2O2/c1-8-11(15)10(7-14)13(12-8)9-5-3-2-4-6-9/h2-7,10H,1H3. The second kappa shape index (κ2) is 3.65. The molecule has 0 N–H and O–H groups in total. The van der Waals surface area contributed by atoms with Crippen LogP contribution < -0.4 is 5.01 Å². The van der Waals surface area contributed by atoms with Crippen molar-refractivity contribution in [2.24, 2.45) is 5.10 Å². The molecule has 1 heterocycles. The molecule has 1 unspecified atom stereocenters. The van der Waals surface area contributed by atoms with E-state index in [2.05, 4.69) is 5.10 Å². The van der Waals surface area contributed by atoms with Crippen LogP contribution in [0.4, 0.5) is 5.69 Å². The fourth-order valence-corrected chi connectivity index (χ4v) is 1.52. The summed E-state index contributed by atoms with van der Waals surface area (Å²) in [6.07, 6.45) is 0.620. The van der Waals surface area contributed by atoms with E-state index < -0.39 is 6.04 Å². The van der Waals surface area contributed by atoms with Crippen LogP contribution in [-0.2, 0) is 9.59 Å². The summed E-state index contributed by atoms with van der Waals surface area (Å²) in [5.74, 6) is -0.228. The van der Waals surface area contributed by atoms with Crippen molar-refractivity contribution >= 4 is 23.5 Å². The van der Waals surface area contributed by atoms with E-state index in [9.17, 15) is 9.59 Å². The normalized spacial score (nSPS) is 20.3. The minimum absolute atomic E-state index is 0.228. The number of Topliss-reactive ketones (excluding diaryl/α,β-unsaturated/α-hetero) is 1. The van der Waals surface area contributed by atoms with Crippen LogP contribution in [0.2, 0.25) is 0 Å². The maximum absolute atomic E-state index is 11.5. The molecule has 4 heteroatoms. The minimum Gasteiger partial charge on any atom is -0.300 e. The Hall–Kier alpha value is -1.97. The summed E-state index contributed by atoms with van der Waals surface area (Å²) in [4.78, 5) is 22.3. The number of rotatable bonds is 2. The van der Waals surface area contributed by atoms with Gasteiger partial charge in [0.15, 0.2) is 12.3 Å². The van der Waals surface area contributed by atoms with Crippen molar-refractivity contribution in [1.82, 2.24) is 0 Å². The molecule has 76 valence electrons. The van der Waals surface area contributed by atoms with Crippen molar-refractivity contribution in [1.29, 1.82) is 0 Å². The molecule has 2 rings (SSSR count). The topological polar surface area (TPSA) is 49.7 Å². The molecule has 0 bridgehead atoms. The third kappa shape index (κ3) is 1.54. The monoisotopic (exact) mass is 202 g/mol. The lowest BCUT2D eigenvalue weighted by Gasteiger charge is -2.17. The van der Waals surface area contributed by atoms with E-state index >= 15 is 0 Å². The lowest BCUT2D eigenvalue weighted by molar-refractivity contribution is -0.118. The van der Waals surface area contributed by atoms with Crippen LogP contribution in [0.3, 0.4) is 0 Å². The van der Waals surface area contributed by atoms with Crippen LogP contribution in [0.1, 0.15) is 6.92 Å². The summed E-state index contributed by atoms with van der Waals surface area (Å²) in [5.41, 5.74) is 1.12. The van der Waals surface area contributed by atoms with Crippen LogP contribution in [0.25, 0.3) is 0 Å². The van der Waals surface area contributed by atoms with Crippen molar-refractivity contribution < 1.29 is 9.59 Å². The molecule has 4 nitrogen and oxygen atoms in total. The Bertz CT molecular complexity index is 425. The lowest BCUT2D eigenvalue weighted by Crippen LogP contribution is -2.34. The quantitative estimate of drug-likeness (QED) is 0.531. The molecule has 15 heavy (non-hydrogen) atoms. The molecule has 0 saturated carbocycles. The molecule has 1 aromatic rings. The van der Waals surface area contributed by atoms with Crippen LogP contribution in [0.5, 0.6) is 0 Å². The zero-order chi connectivity index (χ0) is 10.8. The van der Waals surface area contributed by atoms with E-state index in [4.69, 9.17) is 0 Å². The van der Waals surface area contributed by atoms with Gasteiger partial charge in [0.2, 0.25) is 5.78 Å². The summed E-state index contributed by atoms with van der Waals surface area (Å²) < 4.78 is 0. The predicted octanol–water partition coefficient (Wildman–Crippen LogP) is 1.02. The van der Waals surface area contributed by atoms with Crippen molar-refractivity contribution in [3.05, 3.63) is 30.3 Å². The van der Waals surface area contributed by atoms with Gasteiger partial charge in [0.1, 0.15) is 5.71 Å². The molecule has 1 aromatic carbocycles. The van der Waals surface area contributed by atoms with Gasteiger partial charge in [0.25, 0.3) is 0 Å². The Kier molecular flexibility index (Phi) is 2.33. The van der Waals surface area contributed by atoms with E-state index in [0.29, 0.717) is 12.0 Å². The summed E-state index contributed by atoms with van der Waals surface area (Å²) >= 11 is 0. The summed E-state index contributed by atoms with van der Waals surface area (Å²) in [5, 5.41) is 5.51. The van der Waals surface area contributed by atoms with Crippen molar-refractivity contribution in [2.45, 2.75) is 13.0 Å². The number of hydrazone groups is 1. The van der Waals surface area contributed by atoms with E-state index in [-0.39, 0.29) is 5.78 Å². The second-order valence-electron chi connectivity index (χ2n) is 3.31. The molecule has 0 radical (unpaired) electrons. The molecule has 1 aliphatic heterocycles. The molecule has 1 atom stereocenters. The number of nitrogens with zero attached hydrogens (tertiary/aromatic N) is 2. The summed E-state index contributed by atoms with van der Waals surface area (Å²) in [6, 6.07) is 8.37. The molecule has 0 fully saturated rings. The van der Waals surface area contributed by atoms with Crippen LogP contribution >= 0.6 is 0 Å². The first kappa shape index (κ1) is 9.58. The van der Waals surface area contributed by atoms with Gasteiger partial charge in [-0.15, -0.1) is 0 Å². The highest BCUT2D eigenvalue weighted by molar-refractivity contribution is 6.46. The van der Waals surface area contributed by atoms with Gasteiger partial charge in [0, 0.05) is 0 Å². The predicted molar refractivity (Wildman–Crippen MR) is 56.9 cm³/mol. The van der Waals surface area contributed by atoms with E-state index in [1.165, 1.54) is 5.01 Å². The average molecular weight is 202 g/mol. The van der Waals surface area contributed by atoms with Gasteiger partial charge in [-0.3, -0.25) is 4.79 Å². The zero-order valence-corrected chi connectivity index (χ0v) is 8.25. The number of benzene rings is 1. The summed E-state index contributed by atoms with van der Waals surface area (Å²) in [7, 11) is 0. The highest BCUT2D eigenvalue weighted by Gasteiger charge is 2.33. The highest BCUT2D eigenvalue weighted by Crippen LogP contribution is 2.21. The first-order chi connectivity index (χ1) is 7.24. The fraction of sp³-hybridized carbons (Fsp3) is 0.182. The Morgan fingerprint density at radius 3 is 2.60 bits per heavy atom. The first-order valence-electron chi connectivity index (χ1n) is 4.63. The maximum atomic E-state index is 11.5. The van der Waals surface area contributed by atoms with Gasteiger partial charge in [-0.05, 0) is 19.1 Å². The molecule has 0 aliphatic carbocycles. The highest BCUT2D eigenvalue weighted by atomic mass is 16.2. The van der Waals surface area contributed by atoms with Gasteiger partial charge < -0.3 is 4.79 Å². The van der Waals surface area contributed by atoms with Gasteiger partial charge >= 0.3 is 0 Å². The maximum Gasteiger partial charge on any atom is 0.210 e. The first-order valence-corrected chi connectivity index (χ1v) is 4.63. The molecule has 0 spiro atoms. The number of anilines is 1. The third-order valence-corrected chi connectivity index (χ3v) is 2.30. The third-order valence-electron chi connectivity index (χ3n) is 2.30. The average Bonchev–Trinajstić information content (AvgIpc) is 2.56. The van der Waals surface area contributed by atoms with Gasteiger partial charge in [-0.1, -0.05) is 18.2 Å². The van der Waals surface area contributed by atoms with Crippen LogP contribution in [-0.4, -0.2) is 23.8 Å². The van der Waals surface area contributed by atoms with Crippen molar-refractivity contribution in [2.75, 3.05) is 5.01 Å². The Morgan fingerprint density at radius 1 is 1.33 bits per heavy atom. The molecule has 0 saturated heterocycles. The van der Waals surface area contributed by atoms with E-state index in [0.717, 1.165) is 5.69 Å². The lowest BCUT2D eigenvalue weighted by atomic mass is 10.1. The Labute approximate surface area is 87.2 Å². The molecule has 1 aliphatic rings. The Balaban J connectivity index is 2.38. The number of aldehydes is 1. The van der Waals surface area contributed by atoms with Gasteiger partial charge in [-0.25, -0.2) is 5.01 Å². The number of para-hydroxylation sites is 1. The number of hydrogen-bond acceptors (Lipinski definition) is 4. The number of hydrogen-bond donors (Lipinski definition) is 0. The fourth-order valence-electron chi connectivity index (χ4n) is 1.52. The molecule has 0 amide bonds. The molecule has 0 aromatic heterocycles. The smallest absolute Gasteiger partial charge is 0.210 e. The minimum atomic E-state index is -0.799. The molecular weight excluding hydrogens is 192 g/mol. The van der Waals surface area contributed by atoms with Crippen LogP contribution in [0.15, 0.2) is 35.4 Å². The SMILES string of the molecule is CC1=NN(c2ccccc2)C(C=O)C1=O. The van der Waals surface area contributed by atoms with Crippen molar-refractivity contribution in [3.63, 3.8) is 0 Å². The Morgan fingerprint density at radius 2 is 2.00 bits per heavy atom. The van der Waals surface area contributed by atoms with Crippen LogP contribution in [0, 0.1) is 0 Å². The largest absolute Gasteiger partial charge is 0.300 e.